The minimum atomic E-state index is -0.897. The van der Waals surface area contributed by atoms with Crippen LogP contribution in [0, 0.1) is 0 Å². The number of rotatable bonds is 4. The average molecular weight is 392 g/mol. The smallest absolute Gasteiger partial charge is 0.410 e. The molecule has 1 aromatic carbocycles. The summed E-state index contributed by atoms with van der Waals surface area (Å²) < 4.78 is 10.9. The van der Waals surface area contributed by atoms with Crippen LogP contribution in [0.25, 0.3) is 0 Å². The molecular weight excluding hydrogens is 364 g/mol. The van der Waals surface area contributed by atoms with Crippen LogP contribution in [0.3, 0.4) is 0 Å². The van der Waals surface area contributed by atoms with Crippen LogP contribution < -0.4 is 15.8 Å². The van der Waals surface area contributed by atoms with E-state index in [2.05, 4.69) is 5.32 Å². The number of nitrogens with zero attached hydrogens (tertiary/aromatic N) is 2. The van der Waals surface area contributed by atoms with Gasteiger partial charge in [-0.1, -0.05) is 18.2 Å². The number of methoxy groups -OCH3 is 1. The Bertz CT molecular complexity index is 731. The van der Waals surface area contributed by atoms with E-state index in [1.54, 1.807) is 12.0 Å². The molecule has 1 aliphatic rings. The lowest BCUT2D eigenvalue weighted by Crippen LogP contribution is -2.54. The molecule has 1 fully saturated rings. The van der Waals surface area contributed by atoms with Crippen LogP contribution >= 0.6 is 0 Å². The molecule has 0 aliphatic carbocycles. The predicted octanol–water partition coefficient (Wildman–Crippen LogP) is 1.48. The summed E-state index contributed by atoms with van der Waals surface area (Å²) in [6, 6.07) is 6.22. The van der Waals surface area contributed by atoms with Crippen LogP contribution in [0.5, 0.6) is 5.75 Å². The van der Waals surface area contributed by atoms with Crippen molar-refractivity contribution < 1.29 is 23.9 Å². The normalized spacial score (nSPS) is 17.7. The number of hydrogen-bond acceptors (Lipinski definition) is 6. The van der Waals surface area contributed by atoms with Gasteiger partial charge in [0.05, 0.1) is 19.7 Å². The molecule has 0 radical (unpaired) electrons. The van der Waals surface area contributed by atoms with Gasteiger partial charge in [-0.15, -0.1) is 0 Å². The van der Waals surface area contributed by atoms with E-state index in [9.17, 15) is 14.4 Å². The Balaban J connectivity index is 2.25. The van der Waals surface area contributed by atoms with Crippen LogP contribution in [0.1, 0.15) is 32.4 Å². The van der Waals surface area contributed by atoms with Gasteiger partial charge in [0.1, 0.15) is 11.4 Å². The summed E-state index contributed by atoms with van der Waals surface area (Å²) in [7, 11) is 1.57. The molecule has 9 heteroatoms. The number of urea groups is 1. The molecule has 4 amide bonds. The van der Waals surface area contributed by atoms with Crippen molar-refractivity contribution in [3.05, 3.63) is 29.8 Å². The van der Waals surface area contributed by atoms with Gasteiger partial charge in [-0.05, 0) is 26.8 Å². The molecule has 1 aliphatic heterocycles. The maximum atomic E-state index is 12.5. The van der Waals surface area contributed by atoms with Crippen LogP contribution in [-0.4, -0.2) is 66.7 Å². The van der Waals surface area contributed by atoms with Crippen molar-refractivity contribution >= 4 is 18.0 Å². The molecule has 1 aromatic rings. The second-order valence-corrected chi connectivity index (χ2v) is 7.57. The van der Waals surface area contributed by atoms with Crippen LogP contribution in [0.2, 0.25) is 0 Å². The fraction of sp³-hybridized carbons (Fsp3) is 0.526. The van der Waals surface area contributed by atoms with Crippen molar-refractivity contribution in [1.29, 1.82) is 0 Å². The highest BCUT2D eigenvalue weighted by Crippen LogP contribution is 2.32. The van der Waals surface area contributed by atoms with E-state index in [1.807, 2.05) is 49.9 Å². The monoisotopic (exact) mass is 392 g/mol. The fourth-order valence-corrected chi connectivity index (χ4v) is 3.10. The summed E-state index contributed by atoms with van der Waals surface area (Å²) in [5.74, 6) is 0.150. The third kappa shape index (κ3) is 5.85. The fourth-order valence-electron chi connectivity index (χ4n) is 3.10. The summed E-state index contributed by atoms with van der Waals surface area (Å²) >= 11 is 0. The molecule has 0 aromatic heterocycles. The predicted molar refractivity (Wildman–Crippen MR) is 103 cm³/mol. The highest BCUT2D eigenvalue weighted by molar-refractivity contribution is 5.94. The number of carbonyl (C=O) groups is 3. The number of imide groups is 1. The molecule has 2 rings (SSSR count). The molecule has 0 saturated carbocycles. The van der Waals surface area contributed by atoms with Crippen molar-refractivity contribution in [2.24, 2.45) is 5.73 Å². The third-order valence-electron chi connectivity index (χ3n) is 4.25. The highest BCUT2D eigenvalue weighted by atomic mass is 16.6. The second kappa shape index (κ2) is 8.92. The topological polar surface area (TPSA) is 114 Å². The Labute approximate surface area is 164 Å². The van der Waals surface area contributed by atoms with Gasteiger partial charge in [0.25, 0.3) is 0 Å². The number of primary amides is 1. The first-order valence-electron chi connectivity index (χ1n) is 9.05. The minimum Gasteiger partial charge on any atom is -0.496 e. The first-order valence-corrected chi connectivity index (χ1v) is 9.05. The van der Waals surface area contributed by atoms with Crippen LogP contribution in [-0.2, 0) is 9.53 Å². The lowest BCUT2D eigenvalue weighted by Gasteiger charge is -2.41. The second-order valence-electron chi connectivity index (χ2n) is 7.57. The lowest BCUT2D eigenvalue weighted by atomic mass is 10.0. The number of carbonyl (C=O) groups excluding carboxylic acids is 3. The largest absolute Gasteiger partial charge is 0.496 e. The standard InChI is InChI=1S/C19H28N4O5/c1-19(2,3)28-18(26)23-10-9-22(12-16(24)21-17(20)25)14(11-23)13-7-5-6-8-15(13)27-4/h5-8,14H,9-12H2,1-4H3,(H3,20,21,24,25). The first-order chi connectivity index (χ1) is 13.1. The SMILES string of the molecule is COc1ccccc1C1CN(C(=O)OC(C)(C)C)CCN1CC(=O)NC(N)=O. The van der Waals surface area contributed by atoms with Gasteiger partial charge in [-0.25, -0.2) is 9.59 Å². The van der Waals surface area contributed by atoms with Crippen molar-refractivity contribution in [2.45, 2.75) is 32.4 Å². The molecule has 0 bridgehead atoms. The van der Waals surface area contributed by atoms with Crippen molar-refractivity contribution in [1.82, 2.24) is 15.1 Å². The number of ether oxygens (including phenoxy) is 2. The maximum Gasteiger partial charge on any atom is 0.410 e. The van der Waals surface area contributed by atoms with Crippen molar-refractivity contribution in [2.75, 3.05) is 33.3 Å². The molecule has 1 atom stereocenters. The summed E-state index contributed by atoms with van der Waals surface area (Å²) in [4.78, 5) is 39.1. The maximum absolute atomic E-state index is 12.5. The Morgan fingerprint density at radius 1 is 1.21 bits per heavy atom. The van der Waals surface area contributed by atoms with Crippen LogP contribution in [0.15, 0.2) is 24.3 Å². The number of piperazine rings is 1. The van der Waals surface area contributed by atoms with E-state index in [0.717, 1.165) is 5.56 Å². The summed E-state index contributed by atoms with van der Waals surface area (Å²) in [5.41, 5.74) is 5.27. The molecule has 1 saturated heterocycles. The Kier molecular flexibility index (Phi) is 6.85. The first kappa shape index (κ1) is 21.5. The summed E-state index contributed by atoms with van der Waals surface area (Å²) in [6.45, 7) is 6.54. The van der Waals surface area contributed by atoms with Gasteiger partial charge >= 0.3 is 12.1 Å². The van der Waals surface area contributed by atoms with E-state index in [1.165, 1.54) is 0 Å². The average Bonchev–Trinajstić information content (AvgIpc) is 2.59. The third-order valence-corrected chi connectivity index (χ3v) is 4.25. The molecule has 0 spiro atoms. The quantitative estimate of drug-likeness (QED) is 0.802. The Hall–Kier alpha value is -2.81. The van der Waals surface area contributed by atoms with E-state index in [4.69, 9.17) is 15.2 Å². The summed E-state index contributed by atoms with van der Waals surface area (Å²) in [5, 5.41) is 2.08. The van der Waals surface area contributed by atoms with E-state index >= 15 is 0 Å². The van der Waals surface area contributed by atoms with E-state index in [-0.39, 0.29) is 12.6 Å². The van der Waals surface area contributed by atoms with Crippen molar-refractivity contribution in [3.8, 4) is 5.75 Å². The number of hydrogen-bond donors (Lipinski definition) is 2. The zero-order chi connectivity index (χ0) is 20.9. The van der Waals surface area contributed by atoms with Gasteiger partial charge < -0.3 is 20.1 Å². The van der Waals surface area contributed by atoms with E-state index < -0.39 is 23.6 Å². The molecule has 28 heavy (non-hydrogen) atoms. The number of nitrogens with one attached hydrogen (secondary N) is 1. The zero-order valence-electron chi connectivity index (χ0n) is 16.7. The highest BCUT2D eigenvalue weighted by Gasteiger charge is 2.35. The molecule has 9 nitrogen and oxygen atoms in total. The minimum absolute atomic E-state index is 0.0339. The van der Waals surface area contributed by atoms with Gasteiger partial charge in [-0.3, -0.25) is 15.0 Å². The van der Waals surface area contributed by atoms with Gasteiger partial charge in [0, 0.05) is 25.2 Å². The van der Waals surface area contributed by atoms with Gasteiger partial charge in [0.2, 0.25) is 5.91 Å². The van der Waals surface area contributed by atoms with Gasteiger partial charge in [-0.2, -0.15) is 0 Å². The number of amides is 4. The molecule has 1 unspecified atom stereocenters. The van der Waals surface area contributed by atoms with E-state index in [0.29, 0.717) is 25.4 Å². The Morgan fingerprint density at radius 3 is 2.50 bits per heavy atom. The zero-order valence-corrected chi connectivity index (χ0v) is 16.7. The molecule has 3 N–H and O–H groups in total. The number of benzene rings is 1. The molecular formula is C19H28N4O5. The van der Waals surface area contributed by atoms with Crippen LogP contribution in [0.4, 0.5) is 9.59 Å². The molecule has 1 heterocycles. The Morgan fingerprint density at radius 2 is 1.89 bits per heavy atom. The molecule has 154 valence electrons. The summed E-state index contributed by atoms with van der Waals surface area (Å²) in [6.07, 6.45) is -0.409. The number of nitrogens with two attached hydrogens (primary N) is 1. The van der Waals surface area contributed by atoms with Crippen molar-refractivity contribution in [3.63, 3.8) is 0 Å². The van der Waals surface area contributed by atoms with Gasteiger partial charge in [0.15, 0.2) is 0 Å². The number of para-hydroxylation sites is 1. The lowest BCUT2D eigenvalue weighted by molar-refractivity contribution is -0.122.